The molecular weight excluding hydrogens is 328 g/mol. The molecule has 2 aromatic carbocycles. The van der Waals surface area contributed by atoms with Crippen molar-refractivity contribution < 1.29 is 4.57 Å². The molecule has 25 heavy (non-hydrogen) atoms. The van der Waals surface area contributed by atoms with Gasteiger partial charge in [0.2, 0.25) is 11.2 Å². The number of pyridine rings is 1. The van der Waals surface area contributed by atoms with Gasteiger partial charge in [-0.3, -0.25) is 0 Å². The van der Waals surface area contributed by atoms with E-state index in [-0.39, 0.29) is 0 Å². The smallest absolute Gasteiger partial charge is 0.212 e. The SMILES string of the molecule is CCN(CC)c1ccc(/C=C/c2ccc3cc(Cl)ccc3[n+]2C)cc1. The Morgan fingerprint density at radius 3 is 2.32 bits per heavy atom. The third-order valence-corrected chi connectivity index (χ3v) is 4.88. The van der Waals surface area contributed by atoms with Gasteiger partial charge in [-0.2, -0.15) is 4.57 Å². The molecule has 0 bridgehead atoms. The van der Waals surface area contributed by atoms with Crippen molar-refractivity contribution >= 4 is 40.3 Å². The summed E-state index contributed by atoms with van der Waals surface area (Å²) in [6.45, 7) is 6.43. The lowest BCUT2D eigenvalue weighted by molar-refractivity contribution is -0.646. The Kier molecular flexibility index (Phi) is 5.40. The molecule has 0 N–H and O–H groups in total. The maximum atomic E-state index is 6.08. The third-order valence-electron chi connectivity index (χ3n) is 4.64. The van der Waals surface area contributed by atoms with Gasteiger partial charge in [0.05, 0.1) is 0 Å². The minimum Gasteiger partial charge on any atom is -0.372 e. The molecule has 1 heterocycles. The molecule has 2 nitrogen and oxygen atoms in total. The summed E-state index contributed by atoms with van der Waals surface area (Å²) in [5.41, 5.74) is 4.80. The maximum Gasteiger partial charge on any atom is 0.212 e. The van der Waals surface area contributed by atoms with Crippen LogP contribution in [0.25, 0.3) is 23.1 Å². The van der Waals surface area contributed by atoms with Crippen LogP contribution in [0, 0.1) is 0 Å². The van der Waals surface area contributed by atoms with Gasteiger partial charge in [-0.15, -0.1) is 0 Å². The van der Waals surface area contributed by atoms with Crippen molar-refractivity contribution in [3.05, 3.63) is 70.9 Å². The molecule has 0 fully saturated rings. The van der Waals surface area contributed by atoms with Crippen LogP contribution >= 0.6 is 11.6 Å². The number of halogens is 1. The van der Waals surface area contributed by atoms with Gasteiger partial charge in [0.15, 0.2) is 0 Å². The summed E-state index contributed by atoms with van der Waals surface area (Å²) < 4.78 is 2.19. The summed E-state index contributed by atoms with van der Waals surface area (Å²) in [6, 6.07) is 19.0. The monoisotopic (exact) mass is 351 g/mol. The topological polar surface area (TPSA) is 7.12 Å². The zero-order valence-electron chi connectivity index (χ0n) is 15.0. The molecule has 1 aromatic heterocycles. The largest absolute Gasteiger partial charge is 0.372 e. The van der Waals surface area contributed by atoms with Crippen LogP contribution in [0.1, 0.15) is 25.1 Å². The van der Waals surface area contributed by atoms with Crippen molar-refractivity contribution in [2.45, 2.75) is 13.8 Å². The Labute approximate surface area is 155 Å². The third kappa shape index (κ3) is 3.85. The van der Waals surface area contributed by atoms with E-state index < -0.39 is 0 Å². The van der Waals surface area contributed by atoms with E-state index in [9.17, 15) is 0 Å². The second-order valence-corrected chi connectivity index (χ2v) is 6.55. The predicted octanol–water partition coefficient (Wildman–Crippen LogP) is 5.33. The first-order valence-corrected chi connectivity index (χ1v) is 9.11. The summed E-state index contributed by atoms with van der Waals surface area (Å²) in [4.78, 5) is 2.35. The minimum absolute atomic E-state index is 0.768. The number of rotatable bonds is 5. The fourth-order valence-corrected chi connectivity index (χ4v) is 3.30. The van der Waals surface area contributed by atoms with Gasteiger partial charge in [0.25, 0.3) is 0 Å². The molecule has 0 aliphatic carbocycles. The number of benzene rings is 2. The lowest BCUT2D eigenvalue weighted by atomic mass is 10.1. The van der Waals surface area contributed by atoms with Gasteiger partial charge >= 0.3 is 0 Å². The molecular formula is C22H24ClN2+. The van der Waals surface area contributed by atoms with Crippen LogP contribution in [0.2, 0.25) is 5.02 Å². The van der Waals surface area contributed by atoms with E-state index in [1.165, 1.54) is 16.8 Å². The normalized spacial score (nSPS) is 11.4. The van der Waals surface area contributed by atoms with Crippen molar-refractivity contribution in [2.75, 3.05) is 18.0 Å². The lowest BCUT2D eigenvalue weighted by Crippen LogP contribution is -2.32. The van der Waals surface area contributed by atoms with Gasteiger partial charge in [0.1, 0.15) is 7.05 Å². The fraction of sp³-hybridized carbons (Fsp3) is 0.227. The predicted molar refractivity (Wildman–Crippen MR) is 109 cm³/mol. The van der Waals surface area contributed by atoms with E-state index >= 15 is 0 Å². The van der Waals surface area contributed by atoms with Gasteiger partial charge in [-0.1, -0.05) is 23.7 Å². The Bertz CT molecular complexity index is 894. The Hall–Kier alpha value is -2.32. The molecule has 0 radical (unpaired) electrons. The molecule has 0 spiro atoms. The minimum atomic E-state index is 0.768. The van der Waals surface area contributed by atoms with Crippen LogP contribution < -0.4 is 9.47 Å². The van der Waals surface area contributed by atoms with Crippen LogP contribution in [0.3, 0.4) is 0 Å². The van der Waals surface area contributed by atoms with Crippen molar-refractivity contribution in [1.82, 2.24) is 0 Å². The maximum absolute atomic E-state index is 6.08. The molecule has 0 saturated heterocycles. The standard InChI is InChI=1S/C22H24ClN2/c1-4-25(5-2)21-12-7-17(8-13-21)6-11-20-14-9-18-16-19(23)10-15-22(18)24(20)3/h6-16H,4-5H2,1-3H3/q+1. The number of aryl methyl sites for hydroxylation is 1. The van der Waals surface area contributed by atoms with E-state index in [4.69, 9.17) is 11.6 Å². The van der Waals surface area contributed by atoms with E-state index in [1.54, 1.807) is 0 Å². The molecule has 0 aliphatic heterocycles. The van der Waals surface area contributed by atoms with E-state index in [0.717, 1.165) is 29.2 Å². The number of hydrogen-bond acceptors (Lipinski definition) is 1. The zero-order chi connectivity index (χ0) is 17.8. The van der Waals surface area contributed by atoms with Crippen LogP contribution in [0.4, 0.5) is 5.69 Å². The van der Waals surface area contributed by atoms with Gasteiger partial charge in [-0.25, -0.2) is 0 Å². The summed E-state index contributed by atoms with van der Waals surface area (Å²) in [6.07, 6.45) is 4.31. The van der Waals surface area contributed by atoms with Crippen LogP contribution in [-0.2, 0) is 7.05 Å². The molecule has 128 valence electrons. The molecule has 0 amide bonds. The van der Waals surface area contributed by atoms with Crippen LogP contribution in [0.5, 0.6) is 0 Å². The highest BCUT2D eigenvalue weighted by Gasteiger charge is 2.09. The zero-order valence-corrected chi connectivity index (χ0v) is 15.8. The van der Waals surface area contributed by atoms with Crippen LogP contribution in [-0.4, -0.2) is 13.1 Å². The Morgan fingerprint density at radius 1 is 0.920 bits per heavy atom. The second-order valence-electron chi connectivity index (χ2n) is 6.12. The second kappa shape index (κ2) is 7.71. The molecule has 0 atom stereocenters. The lowest BCUT2D eigenvalue weighted by Gasteiger charge is -2.20. The molecule has 0 unspecified atom stereocenters. The summed E-state index contributed by atoms with van der Waals surface area (Å²) in [7, 11) is 2.08. The number of aromatic nitrogens is 1. The average molecular weight is 352 g/mol. The van der Waals surface area contributed by atoms with Gasteiger partial charge in [-0.05, 0) is 55.8 Å². The van der Waals surface area contributed by atoms with Gasteiger partial charge < -0.3 is 4.90 Å². The van der Waals surface area contributed by atoms with E-state index in [0.29, 0.717) is 0 Å². The molecule has 0 saturated carbocycles. The quantitative estimate of drug-likeness (QED) is 0.563. The Morgan fingerprint density at radius 2 is 1.64 bits per heavy atom. The van der Waals surface area contributed by atoms with Crippen molar-refractivity contribution in [1.29, 1.82) is 0 Å². The first-order chi connectivity index (χ1) is 12.1. The Balaban J connectivity index is 1.85. The first-order valence-electron chi connectivity index (χ1n) is 8.73. The highest BCUT2D eigenvalue weighted by molar-refractivity contribution is 6.31. The summed E-state index contributed by atoms with van der Waals surface area (Å²) in [5.74, 6) is 0. The van der Waals surface area contributed by atoms with Crippen LogP contribution in [0.15, 0.2) is 54.6 Å². The van der Waals surface area contributed by atoms with Gasteiger partial charge in [0, 0.05) is 47.4 Å². The number of fused-ring (bicyclic) bond motifs is 1. The fourth-order valence-electron chi connectivity index (χ4n) is 3.12. The first kappa shape index (κ1) is 17.5. The average Bonchev–Trinajstić information content (AvgIpc) is 2.63. The molecule has 3 aromatic rings. The van der Waals surface area contributed by atoms with Crippen molar-refractivity contribution in [2.24, 2.45) is 7.05 Å². The summed E-state index contributed by atoms with van der Waals surface area (Å²) >= 11 is 6.08. The number of anilines is 1. The summed E-state index contributed by atoms with van der Waals surface area (Å²) in [5, 5.41) is 1.92. The highest BCUT2D eigenvalue weighted by atomic mass is 35.5. The number of nitrogens with zero attached hydrogens (tertiary/aromatic N) is 2. The van der Waals surface area contributed by atoms with E-state index in [1.807, 2.05) is 12.1 Å². The molecule has 3 rings (SSSR count). The van der Waals surface area contributed by atoms with E-state index in [2.05, 4.69) is 85.0 Å². The molecule has 3 heteroatoms. The molecule has 0 aliphatic rings. The highest BCUT2D eigenvalue weighted by Crippen LogP contribution is 2.19. The number of hydrogen-bond donors (Lipinski definition) is 0. The van der Waals surface area contributed by atoms with Crippen molar-refractivity contribution in [3.63, 3.8) is 0 Å². The van der Waals surface area contributed by atoms with Crippen molar-refractivity contribution in [3.8, 4) is 0 Å².